The van der Waals surface area contributed by atoms with E-state index in [1.54, 1.807) is 0 Å². The minimum atomic E-state index is -1.33. The zero-order valence-electron chi connectivity index (χ0n) is 13.1. The van der Waals surface area contributed by atoms with E-state index in [-0.39, 0.29) is 17.0 Å². The molecule has 0 saturated carbocycles. The smallest absolute Gasteiger partial charge is 0.326 e. The number of hydrogen-bond donors (Lipinski definition) is 4. The van der Waals surface area contributed by atoms with Gasteiger partial charge in [0.2, 0.25) is 0 Å². The molecule has 25 heavy (non-hydrogen) atoms. The third kappa shape index (κ3) is 2.59. The molecule has 0 bridgehead atoms. The molecule has 1 fully saturated rings. The summed E-state index contributed by atoms with van der Waals surface area (Å²) in [6.07, 6.45) is 0.257. The van der Waals surface area contributed by atoms with Crippen LogP contribution < -0.4 is 9.96 Å². The normalized spacial score (nSPS) is 31.0. The molecule has 3 aliphatic rings. The number of rotatable bonds is 2. The molecular weight excluding hydrogens is 382 g/mol. The van der Waals surface area contributed by atoms with E-state index in [0.717, 1.165) is 22.4 Å². The van der Waals surface area contributed by atoms with Gasteiger partial charge in [-0.3, -0.25) is 4.79 Å². The monoisotopic (exact) mass is 397 g/mol. The second-order valence-corrected chi connectivity index (χ2v) is 8.15. The van der Waals surface area contributed by atoms with Gasteiger partial charge in [0.15, 0.2) is 10.2 Å². The molecule has 9 heteroatoms. The molecule has 6 nitrogen and oxygen atoms in total. The standard InChI is InChI=1S/C16H16ClN3O3S2/c17-11-7-19(23)3-4-20(11)9-2-1-8-6-16(25,15(21)22)13-12(10(8)5-9)14(24)18-13/h1-2,5,11,19,25H,3-4,6-7H2,(H,18,24)(H,21,22). The number of carboxylic acids is 1. The number of nitrogens with zero attached hydrogens (tertiary/aromatic N) is 2. The van der Waals surface area contributed by atoms with Gasteiger partial charge in [-0.15, -0.1) is 12.6 Å². The van der Waals surface area contributed by atoms with Crippen molar-refractivity contribution in [2.45, 2.75) is 16.7 Å². The second-order valence-electron chi connectivity index (χ2n) is 6.46. The fourth-order valence-electron chi connectivity index (χ4n) is 3.56. The summed E-state index contributed by atoms with van der Waals surface area (Å²) in [6.45, 7) is 1.38. The van der Waals surface area contributed by atoms with Crippen LogP contribution in [-0.2, 0) is 11.2 Å². The molecule has 4 rings (SSSR count). The Kier molecular flexibility index (Phi) is 4.08. The molecule has 3 atom stereocenters. The van der Waals surface area contributed by atoms with Crippen LogP contribution in [-0.4, -0.2) is 46.7 Å². The highest BCUT2D eigenvalue weighted by atomic mass is 35.5. The molecular formula is C16H16ClN3O3S2. The average molecular weight is 398 g/mol. The molecule has 0 amide bonds. The largest absolute Gasteiger partial charge is 0.634 e. The van der Waals surface area contributed by atoms with Crippen molar-refractivity contribution in [2.75, 3.05) is 24.5 Å². The van der Waals surface area contributed by atoms with Crippen molar-refractivity contribution in [1.82, 2.24) is 0 Å². The Balaban J connectivity index is 1.74. The Hall–Kier alpha value is -1.19. The van der Waals surface area contributed by atoms with Crippen LogP contribution in [0.3, 0.4) is 0 Å². The third-order valence-corrected chi connectivity index (χ3v) is 6.20. The number of hydrogen-bond acceptors (Lipinski definition) is 6. The van der Waals surface area contributed by atoms with Gasteiger partial charge >= 0.3 is 5.97 Å². The number of halogens is 1. The molecule has 0 aromatic heterocycles. The summed E-state index contributed by atoms with van der Waals surface area (Å²) in [5, 5.41) is 21.8. The summed E-state index contributed by atoms with van der Waals surface area (Å²) >= 11 is 15.1. The van der Waals surface area contributed by atoms with Crippen molar-refractivity contribution in [3.63, 3.8) is 0 Å². The minimum Gasteiger partial charge on any atom is -0.634 e. The molecule has 2 heterocycles. The lowest BCUT2D eigenvalue weighted by Gasteiger charge is -2.41. The number of carbonyl (C=O) groups is 1. The number of aliphatic carboxylic acids is 1. The predicted molar refractivity (Wildman–Crippen MR) is 104 cm³/mol. The number of fused-ring (bicyclic) bond motifs is 3. The quantitative estimate of drug-likeness (QED) is 0.258. The second kappa shape index (κ2) is 5.92. The van der Waals surface area contributed by atoms with Crippen LogP contribution in [0.15, 0.2) is 28.2 Å². The van der Waals surface area contributed by atoms with E-state index in [9.17, 15) is 15.1 Å². The number of anilines is 1. The van der Waals surface area contributed by atoms with Crippen molar-refractivity contribution in [3.05, 3.63) is 39.6 Å². The summed E-state index contributed by atoms with van der Waals surface area (Å²) in [5.74, 6) is -1.02. The van der Waals surface area contributed by atoms with Crippen molar-refractivity contribution in [1.29, 1.82) is 0 Å². The maximum Gasteiger partial charge on any atom is 0.326 e. The molecule has 0 spiro atoms. The van der Waals surface area contributed by atoms with E-state index >= 15 is 0 Å². The fourth-order valence-corrected chi connectivity index (χ4v) is 4.60. The minimum absolute atomic E-state index is 0.171. The van der Waals surface area contributed by atoms with Crippen LogP contribution in [0.2, 0.25) is 0 Å². The maximum absolute atomic E-state index is 11.7. The van der Waals surface area contributed by atoms with Crippen molar-refractivity contribution in [3.8, 4) is 0 Å². The van der Waals surface area contributed by atoms with E-state index in [2.05, 4.69) is 30.2 Å². The third-order valence-electron chi connectivity index (χ3n) is 4.93. The van der Waals surface area contributed by atoms with Crippen molar-refractivity contribution >= 4 is 59.8 Å². The van der Waals surface area contributed by atoms with Crippen LogP contribution in [0.4, 0.5) is 5.69 Å². The molecule has 0 radical (unpaired) electrons. The first kappa shape index (κ1) is 17.2. The number of nitrogens with one attached hydrogen (secondary N) is 1. The topological polar surface area (TPSA) is 80.4 Å². The van der Waals surface area contributed by atoms with Crippen molar-refractivity contribution < 1.29 is 15.0 Å². The average Bonchev–Trinajstić information content (AvgIpc) is 2.53. The predicted octanol–water partition coefficient (Wildman–Crippen LogP) is 0.817. The van der Waals surface area contributed by atoms with Gasteiger partial charge in [0.25, 0.3) is 0 Å². The van der Waals surface area contributed by atoms with Gasteiger partial charge in [-0.25, -0.2) is 4.99 Å². The molecule has 1 saturated heterocycles. The summed E-state index contributed by atoms with van der Waals surface area (Å²) in [6, 6.07) is 5.80. The zero-order valence-corrected chi connectivity index (χ0v) is 15.6. The highest BCUT2D eigenvalue weighted by Crippen LogP contribution is 2.47. The SMILES string of the molecule is O=C(O)C1(S)Cc2ccc(N3CC[NH+]([O-])CC3Cl)cc2C2=C(S)N=C21. The Morgan fingerprint density at radius 1 is 1.52 bits per heavy atom. The summed E-state index contributed by atoms with van der Waals surface area (Å²) in [5.41, 5.74) is 3.54. The number of hydroxylamine groups is 2. The molecule has 132 valence electrons. The van der Waals surface area contributed by atoms with Crippen LogP contribution in [0.1, 0.15) is 11.1 Å². The molecule has 1 aromatic rings. The summed E-state index contributed by atoms with van der Waals surface area (Å²) < 4.78 is -1.33. The zero-order chi connectivity index (χ0) is 17.9. The van der Waals surface area contributed by atoms with E-state index in [0.29, 0.717) is 30.4 Å². The Morgan fingerprint density at radius 2 is 2.28 bits per heavy atom. The van der Waals surface area contributed by atoms with E-state index in [1.807, 2.05) is 23.1 Å². The number of carboxylic acid groups (broad SMARTS) is 1. The number of aliphatic imine (C=N–C) groups is 1. The van der Waals surface area contributed by atoms with E-state index < -0.39 is 10.7 Å². The van der Waals surface area contributed by atoms with E-state index in [1.165, 1.54) is 0 Å². The first-order chi connectivity index (χ1) is 11.8. The number of piperazine rings is 1. The number of alkyl halides is 1. The number of benzene rings is 1. The van der Waals surface area contributed by atoms with Crippen LogP contribution in [0.5, 0.6) is 0 Å². The highest BCUT2D eigenvalue weighted by Gasteiger charge is 2.50. The Bertz CT molecular complexity index is 844. The molecule has 1 aromatic carbocycles. The molecule has 1 aliphatic carbocycles. The van der Waals surface area contributed by atoms with Gasteiger partial charge in [0.05, 0.1) is 18.8 Å². The molecule has 2 aliphatic heterocycles. The molecule has 2 N–H and O–H groups in total. The summed E-state index contributed by atoms with van der Waals surface area (Å²) in [7, 11) is 0. The number of thiol groups is 2. The lowest BCUT2D eigenvalue weighted by Crippen LogP contribution is -3.11. The lowest BCUT2D eigenvalue weighted by molar-refractivity contribution is -0.850. The maximum atomic E-state index is 11.7. The number of allylic oxidation sites excluding steroid dienone is 1. The van der Waals surface area contributed by atoms with Crippen molar-refractivity contribution in [2.24, 2.45) is 4.99 Å². The van der Waals surface area contributed by atoms with Crippen LogP contribution in [0.25, 0.3) is 5.57 Å². The first-order valence-corrected chi connectivity index (χ1v) is 9.18. The first-order valence-electron chi connectivity index (χ1n) is 7.85. The van der Waals surface area contributed by atoms with Gasteiger partial charge in [-0.2, -0.15) is 12.6 Å². The summed E-state index contributed by atoms with van der Waals surface area (Å²) in [4.78, 5) is 17.9. The molecule has 3 unspecified atom stereocenters. The van der Waals surface area contributed by atoms with Gasteiger partial charge in [-0.1, -0.05) is 17.7 Å². The number of quaternary nitrogens is 1. The Labute approximate surface area is 160 Å². The van der Waals surface area contributed by atoms with E-state index in [4.69, 9.17) is 11.6 Å². The fraction of sp³-hybridized carbons (Fsp3) is 0.375. The van der Waals surface area contributed by atoms with Crippen LogP contribution in [0, 0.1) is 5.21 Å². The van der Waals surface area contributed by atoms with Gasteiger partial charge < -0.3 is 20.3 Å². The highest BCUT2D eigenvalue weighted by molar-refractivity contribution is 7.85. The van der Waals surface area contributed by atoms with Gasteiger partial charge in [-0.05, 0) is 23.3 Å². The van der Waals surface area contributed by atoms with Crippen LogP contribution >= 0.6 is 36.9 Å². The Morgan fingerprint density at radius 3 is 2.92 bits per heavy atom. The van der Waals surface area contributed by atoms with Gasteiger partial charge in [0, 0.05) is 17.7 Å². The lowest BCUT2D eigenvalue weighted by atomic mass is 9.76. The van der Waals surface area contributed by atoms with Gasteiger partial charge in [0.1, 0.15) is 11.6 Å².